The van der Waals surface area contributed by atoms with E-state index < -0.39 is 5.97 Å². The molecule has 1 aromatic rings. The van der Waals surface area contributed by atoms with Crippen LogP contribution in [-0.4, -0.2) is 47.7 Å². The van der Waals surface area contributed by atoms with Crippen molar-refractivity contribution in [3.8, 4) is 0 Å². The summed E-state index contributed by atoms with van der Waals surface area (Å²) in [5, 5.41) is 8.77. The van der Waals surface area contributed by atoms with Crippen molar-refractivity contribution in [3.63, 3.8) is 0 Å². The maximum Gasteiger partial charge on any atom is 0.303 e. The summed E-state index contributed by atoms with van der Waals surface area (Å²) in [6.07, 6.45) is 25.9. The molecule has 0 radical (unpaired) electrons. The largest absolute Gasteiger partial charge is 0.481 e. The van der Waals surface area contributed by atoms with Crippen LogP contribution in [-0.2, 0) is 31.8 Å². The van der Waals surface area contributed by atoms with Gasteiger partial charge in [0.2, 0.25) is 0 Å². The minimum atomic E-state index is -0.678. The first-order valence-corrected chi connectivity index (χ1v) is 18.6. The number of ether oxygens (including phenoxy) is 2. The summed E-state index contributed by atoms with van der Waals surface area (Å²) in [4.78, 5) is 10.7. The van der Waals surface area contributed by atoms with E-state index in [2.05, 4.69) is 44.4 Å². The number of benzene rings is 1. The molecule has 0 fully saturated rings. The minimum absolute atomic E-state index is 0.0895. The molecule has 232 valence electrons. The summed E-state index contributed by atoms with van der Waals surface area (Å²) in [5.41, 5.74) is 1.22. The van der Waals surface area contributed by atoms with Crippen LogP contribution in [0.15, 0.2) is 30.3 Å². The van der Waals surface area contributed by atoms with E-state index in [-0.39, 0.29) is 12.2 Å². The molecule has 5 heteroatoms. The van der Waals surface area contributed by atoms with E-state index in [1.807, 2.05) is 6.07 Å². The second-order valence-corrected chi connectivity index (χ2v) is 14.1. The van der Waals surface area contributed by atoms with Gasteiger partial charge in [-0.3, -0.25) is 4.79 Å². The summed E-state index contributed by atoms with van der Waals surface area (Å²) in [6, 6.07) is 10.4. The average Bonchev–Trinajstić information content (AvgIpc) is 2.95. The summed E-state index contributed by atoms with van der Waals surface area (Å²) in [7, 11) is 0.388. The fourth-order valence-electron chi connectivity index (χ4n) is 5.17. The zero-order valence-corrected chi connectivity index (χ0v) is 27.2. The predicted molar refractivity (Wildman–Crippen MR) is 174 cm³/mol. The van der Waals surface area contributed by atoms with Crippen LogP contribution in [0.3, 0.4) is 0 Å². The molecule has 1 rings (SSSR count). The Morgan fingerprint density at radius 3 is 1.90 bits per heavy atom. The molecule has 0 saturated carbocycles. The topological polar surface area (TPSA) is 55.8 Å². The summed E-state index contributed by atoms with van der Waals surface area (Å²) in [6.45, 7) is 5.91. The van der Waals surface area contributed by atoms with Crippen LogP contribution < -0.4 is 0 Å². The zero-order chi connectivity index (χ0) is 29.1. The third-order valence-corrected chi connectivity index (χ3v) is 9.80. The van der Waals surface area contributed by atoms with Crippen molar-refractivity contribution < 1.29 is 19.4 Å². The first-order valence-electron chi connectivity index (χ1n) is 16.6. The normalized spacial score (nSPS) is 13.8. The smallest absolute Gasteiger partial charge is 0.303 e. The molecule has 0 aliphatic heterocycles. The lowest BCUT2D eigenvalue weighted by molar-refractivity contribution is -0.137. The first kappa shape index (κ1) is 37.0. The van der Waals surface area contributed by atoms with Crippen molar-refractivity contribution in [1.82, 2.24) is 0 Å². The molecule has 4 nitrogen and oxygen atoms in total. The van der Waals surface area contributed by atoms with E-state index in [0.717, 1.165) is 38.7 Å². The Balaban J connectivity index is 2.24. The number of unbranched alkanes of at least 4 members (excludes halogenated alkanes) is 14. The molecule has 3 atom stereocenters. The molecule has 40 heavy (non-hydrogen) atoms. The molecule has 1 aromatic carbocycles. The van der Waals surface area contributed by atoms with Crippen LogP contribution in [0.4, 0.5) is 0 Å². The number of rotatable bonds is 29. The number of carboxylic acids is 1. The van der Waals surface area contributed by atoms with Crippen LogP contribution >= 0.6 is 0 Å². The van der Waals surface area contributed by atoms with E-state index in [1.54, 1.807) is 0 Å². The predicted octanol–water partition coefficient (Wildman–Crippen LogP) is 9.74. The van der Waals surface area contributed by atoms with E-state index in [0.29, 0.717) is 23.9 Å². The van der Waals surface area contributed by atoms with Crippen molar-refractivity contribution in [2.24, 2.45) is 0 Å². The summed E-state index contributed by atoms with van der Waals surface area (Å²) in [5.74, 6) is 1.73. The summed E-state index contributed by atoms with van der Waals surface area (Å²) >= 11 is 0. The standard InChI is InChI=1S/C35H62O4S/c1-4-5-6-7-8-9-10-11-12-13-14-15-20-26-34(32(2)39-31-33-24-18-16-19-25-33)38-28-23-30-40(3)29-22-17-21-27-35(36)37/h16,18-19,24-25,32,34H,4-15,17,20-23,26-31H2,1-3H3/p+1. The second kappa shape index (κ2) is 26.8. The monoisotopic (exact) mass is 579 g/mol. The van der Waals surface area contributed by atoms with Crippen LogP contribution in [0, 0.1) is 0 Å². The van der Waals surface area contributed by atoms with Crippen molar-refractivity contribution in [2.75, 3.05) is 24.4 Å². The van der Waals surface area contributed by atoms with E-state index in [1.165, 1.54) is 101 Å². The van der Waals surface area contributed by atoms with Crippen molar-refractivity contribution in [1.29, 1.82) is 0 Å². The molecule has 0 aliphatic carbocycles. The molecule has 0 aromatic heterocycles. The lowest BCUT2D eigenvalue weighted by Gasteiger charge is -2.25. The van der Waals surface area contributed by atoms with Gasteiger partial charge >= 0.3 is 5.97 Å². The molecular formula is C35H63O4S+. The number of hydrogen-bond acceptors (Lipinski definition) is 3. The van der Waals surface area contributed by atoms with Gasteiger partial charge in [0.25, 0.3) is 0 Å². The molecule has 0 aliphatic rings. The number of carbonyl (C=O) groups is 1. The van der Waals surface area contributed by atoms with Crippen molar-refractivity contribution in [3.05, 3.63) is 35.9 Å². The summed E-state index contributed by atoms with van der Waals surface area (Å²) < 4.78 is 12.7. The number of aliphatic carboxylic acids is 1. The molecule has 0 amide bonds. The van der Waals surface area contributed by atoms with Gasteiger partial charge in [-0.25, -0.2) is 0 Å². The Morgan fingerprint density at radius 1 is 0.750 bits per heavy atom. The molecule has 0 bridgehead atoms. The number of carboxylic acid groups (broad SMARTS) is 1. The number of hydrogen-bond donors (Lipinski definition) is 1. The van der Waals surface area contributed by atoms with Crippen molar-refractivity contribution >= 4 is 16.9 Å². The van der Waals surface area contributed by atoms with Gasteiger partial charge in [0.05, 0.1) is 31.7 Å². The lowest BCUT2D eigenvalue weighted by atomic mass is 10.0. The van der Waals surface area contributed by atoms with Crippen LogP contribution in [0.1, 0.15) is 141 Å². The lowest BCUT2D eigenvalue weighted by Crippen LogP contribution is -2.30. The maximum atomic E-state index is 10.7. The molecule has 0 saturated heterocycles. The van der Waals surface area contributed by atoms with Gasteiger partial charge < -0.3 is 14.6 Å². The molecule has 0 heterocycles. The third kappa shape index (κ3) is 22.6. The fourth-order valence-corrected chi connectivity index (χ4v) is 6.68. The van der Waals surface area contributed by atoms with E-state index in [9.17, 15) is 4.79 Å². The van der Waals surface area contributed by atoms with Gasteiger partial charge in [0, 0.05) is 12.8 Å². The fraction of sp³-hybridized carbons (Fsp3) is 0.800. The van der Waals surface area contributed by atoms with E-state index in [4.69, 9.17) is 14.6 Å². The highest BCUT2D eigenvalue weighted by Crippen LogP contribution is 2.18. The SMILES string of the molecule is CCCCCCCCCCCCCCCC(OCCC[S+](C)CCCCCC(=O)O)C(C)OCc1ccccc1. The first-order chi connectivity index (χ1) is 19.5. The van der Waals surface area contributed by atoms with Gasteiger partial charge in [-0.1, -0.05) is 121 Å². The quantitative estimate of drug-likeness (QED) is 0.0758. The highest BCUT2D eigenvalue weighted by atomic mass is 32.2. The molecular weight excluding hydrogens is 516 g/mol. The van der Waals surface area contributed by atoms with Crippen LogP contribution in [0.5, 0.6) is 0 Å². The minimum Gasteiger partial charge on any atom is -0.481 e. The Morgan fingerprint density at radius 2 is 1.30 bits per heavy atom. The molecule has 3 unspecified atom stereocenters. The molecule has 0 spiro atoms. The van der Waals surface area contributed by atoms with Gasteiger partial charge in [-0.15, -0.1) is 0 Å². The van der Waals surface area contributed by atoms with Crippen LogP contribution in [0.25, 0.3) is 0 Å². The van der Waals surface area contributed by atoms with Gasteiger partial charge in [-0.2, -0.15) is 0 Å². The van der Waals surface area contributed by atoms with Gasteiger partial charge in [0.1, 0.15) is 11.5 Å². The highest BCUT2D eigenvalue weighted by Gasteiger charge is 2.19. The Hall–Kier alpha value is -1.04. The highest BCUT2D eigenvalue weighted by molar-refractivity contribution is 7.96. The Labute approximate surface area is 250 Å². The molecule has 1 N–H and O–H groups in total. The van der Waals surface area contributed by atoms with E-state index >= 15 is 0 Å². The van der Waals surface area contributed by atoms with Crippen LogP contribution in [0.2, 0.25) is 0 Å². The van der Waals surface area contributed by atoms with Gasteiger partial charge in [0.15, 0.2) is 0 Å². The second-order valence-electron chi connectivity index (χ2n) is 11.7. The van der Waals surface area contributed by atoms with Crippen molar-refractivity contribution in [2.45, 2.75) is 155 Å². The maximum absolute atomic E-state index is 10.7. The third-order valence-electron chi connectivity index (χ3n) is 7.82. The average molecular weight is 580 g/mol. The Kier molecular flexibility index (Phi) is 24.8. The zero-order valence-electron chi connectivity index (χ0n) is 26.4. The Bertz CT molecular complexity index is 683. The van der Waals surface area contributed by atoms with Gasteiger partial charge in [-0.05, 0) is 49.1 Å².